The highest BCUT2D eigenvalue weighted by atomic mass is 16.5. The highest BCUT2D eigenvalue weighted by molar-refractivity contribution is 5.79. The number of carbonyl (C=O) groups is 1. The molecular formula is C22H28N2O2. The van der Waals surface area contributed by atoms with Crippen LogP contribution in [0.1, 0.15) is 62.4 Å². The molecule has 0 bridgehead atoms. The van der Waals surface area contributed by atoms with E-state index in [4.69, 9.17) is 4.74 Å². The molecule has 1 aliphatic rings. The minimum Gasteiger partial charge on any atom is -0.484 e. The Labute approximate surface area is 156 Å². The molecule has 4 nitrogen and oxygen atoms in total. The second kappa shape index (κ2) is 7.90. The van der Waals surface area contributed by atoms with Gasteiger partial charge in [-0.15, -0.1) is 0 Å². The number of carbonyl (C=O) groups excluding carboxylic acids is 1. The quantitative estimate of drug-likeness (QED) is 0.729. The molecule has 0 saturated heterocycles. The summed E-state index contributed by atoms with van der Waals surface area (Å²) in [7, 11) is 0. The van der Waals surface area contributed by atoms with Crippen molar-refractivity contribution in [1.82, 2.24) is 9.88 Å². The lowest BCUT2D eigenvalue weighted by molar-refractivity contribution is -0.136. The van der Waals surface area contributed by atoms with Crippen molar-refractivity contribution >= 4 is 5.91 Å². The summed E-state index contributed by atoms with van der Waals surface area (Å²) in [4.78, 5) is 19.2. The van der Waals surface area contributed by atoms with E-state index in [0.717, 1.165) is 24.3 Å². The highest BCUT2D eigenvalue weighted by Gasteiger charge is 2.36. The number of aryl methyl sites for hydroxylation is 1. The SMILES string of the molecule is Cc1cc(OCC(=O)N(C2CC2)C(C)c2ccccn2)ccc1C(C)C. The molecule has 1 aromatic heterocycles. The fourth-order valence-electron chi connectivity index (χ4n) is 3.46. The number of rotatable bonds is 7. The van der Waals surface area contributed by atoms with Crippen molar-refractivity contribution in [3.8, 4) is 5.75 Å². The summed E-state index contributed by atoms with van der Waals surface area (Å²) in [6.45, 7) is 8.55. The summed E-state index contributed by atoms with van der Waals surface area (Å²) in [6.07, 6.45) is 3.90. The first-order valence-electron chi connectivity index (χ1n) is 9.42. The Kier molecular flexibility index (Phi) is 5.60. The van der Waals surface area contributed by atoms with Gasteiger partial charge in [-0.25, -0.2) is 0 Å². The molecular weight excluding hydrogens is 324 g/mol. The second-order valence-electron chi connectivity index (χ2n) is 7.42. The van der Waals surface area contributed by atoms with Crippen LogP contribution in [0, 0.1) is 6.92 Å². The van der Waals surface area contributed by atoms with Crippen molar-refractivity contribution in [3.63, 3.8) is 0 Å². The van der Waals surface area contributed by atoms with Crippen LogP contribution in [0.2, 0.25) is 0 Å². The summed E-state index contributed by atoms with van der Waals surface area (Å²) in [5.41, 5.74) is 3.43. The molecule has 1 heterocycles. The summed E-state index contributed by atoms with van der Waals surface area (Å²) in [5, 5.41) is 0. The molecule has 0 N–H and O–H groups in total. The Bertz CT molecular complexity index is 754. The number of ether oxygens (including phenoxy) is 1. The topological polar surface area (TPSA) is 42.4 Å². The first-order chi connectivity index (χ1) is 12.5. The van der Waals surface area contributed by atoms with Crippen LogP contribution < -0.4 is 4.74 Å². The Morgan fingerprint density at radius 2 is 2.00 bits per heavy atom. The molecule has 0 aliphatic heterocycles. The minimum atomic E-state index is -0.0372. The van der Waals surface area contributed by atoms with E-state index in [1.54, 1.807) is 6.20 Å². The molecule has 1 aliphatic carbocycles. The van der Waals surface area contributed by atoms with Gasteiger partial charge in [-0.1, -0.05) is 26.0 Å². The fourth-order valence-corrected chi connectivity index (χ4v) is 3.46. The number of benzene rings is 1. The highest BCUT2D eigenvalue weighted by Crippen LogP contribution is 2.34. The van der Waals surface area contributed by atoms with Crippen LogP contribution in [0.25, 0.3) is 0 Å². The van der Waals surface area contributed by atoms with Crippen LogP contribution in [0.5, 0.6) is 5.75 Å². The minimum absolute atomic E-state index is 0.0243. The number of aromatic nitrogens is 1. The van der Waals surface area contributed by atoms with Gasteiger partial charge in [0.25, 0.3) is 5.91 Å². The van der Waals surface area contributed by atoms with Crippen LogP contribution in [-0.2, 0) is 4.79 Å². The summed E-state index contributed by atoms with van der Waals surface area (Å²) < 4.78 is 5.82. The first kappa shape index (κ1) is 18.4. The van der Waals surface area contributed by atoms with E-state index in [1.807, 2.05) is 42.2 Å². The molecule has 26 heavy (non-hydrogen) atoms. The van der Waals surface area contributed by atoms with Gasteiger partial charge in [-0.3, -0.25) is 9.78 Å². The number of hydrogen-bond acceptors (Lipinski definition) is 3. The summed E-state index contributed by atoms with van der Waals surface area (Å²) in [5.74, 6) is 1.26. The zero-order chi connectivity index (χ0) is 18.7. The molecule has 1 saturated carbocycles. The van der Waals surface area contributed by atoms with Crippen molar-refractivity contribution < 1.29 is 9.53 Å². The van der Waals surface area contributed by atoms with E-state index >= 15 is 0 Å². The Morgan fingerprint density at radius 3 is 2.58 bits per heavy atom. The fraction of sp³-hybridized carbons (Fsp3) is 0.455. The zero-order valence-electron chi connectivity index (χ0n) is 16.1. The normalized spacial score (nSPS) is 15.0. The maximum atomic E-state index is 12.8. The van der Waals surface area contributed by atoms with Crippen molar-refractivity contribution in [2.24, 2.45) is 0 Å². The van der Waals surface area contributed by atoms with E-state index in [2.05, 4.69) is 31.8 Å². The van der Waals surface area contributed by atoms with Gasteiger partial charge in [0, 0.05) is 12.2 Å². The number of pyridine rings is 1. The van der Waals surface area contributed by atoms with Gasteiger partial charge in [-0.05, 0) is 68.0 Å². The van der Waals surface area contributed by atoms with Crippen molar-refractivity contribution in [3.05, 3.63) is 59.4 Å². The predicted molar refractivity (Wildman–Crippen MR) is 103 cm³/mol. The average molecular weight is 352 g/mol. The number of hydrogen-bond donors (Lipinski definition) is 0. The van der Waals surface area contributed by atoms with Gasteiger partial charge in [0.1, 0.15) is 5.75 Å². The molecule has 1 fully saturated rings. The Hall–Kier alpha value is -2.36. The lowest BCUT2D eigenvalue weighted by Gasteiger charge is -2.29. The maximum Gasteiger partial charge on any atom is 0.261 e. The van der Waals surface area contributed by atoms with Crippen LogP contribution in [0.3, 0.4) is 0 Å². The van der Waals surface area contributed by atoms with Crippen LogP contribution >= 0.6 is 0 Å². The van der Waals surface area contributed by atoms with Crippen molar-refractivity contribution in [2.45, 2.75) is 58.5 Å². The van der Waals surface area contributed by atoms with E-state index in [-0.39, 0.29) is 18.6 Å². The average Bonchev–Trinajstić information content (AvgIpc) is 3.45. The summed E-state index contributed by atoms with van der Waals surface area (Å²) >= 11 is 0. The molecule has 0 radical (unpaired) electrons. The van der Waals surface area contributed by atoms with Gasteiger partial charge in [0.05, 0.1) is 11.7 Å². The zero-order valence-corrected chi connectivity index (χ0v) is 16.1. The van der Waals surface area contributed by atoms with Crippen LogP contribution in [0.15, 0.2) is 42.6 Å². The van der Waals surface area contributed by atoms with Gasteiger partial charge in [0.15, 0.2) is 6.61 Å². The number of amides is 1. The number of nitrogens with zero attached hydrogens (tertiary/aromatic N) is 2. The van der Waals surface area contributed by atoms with Gasteiger partial charge >= 0.3 is 0 Å². The molecule has 138 valence electrons. The van der Waals surface area contributed by atoms with E-state index in [0.29, 0.717) is 12.0 Å². The van der Waals surface area contributed by atoms with Gasteiger partial charge in [0.2, 0.25) is 0 Å². The third-order valence-corrected chi connectivity index (χ3v) is 4.99. The molecule has 1 amide bonds. The predicted octanol–water partition coefficient (Wildman–Crippen LogP) is 4.64. The van der Waals surface area contributed by atoms with E-state index in [9.17, 15) is 4.79 Å². The Balaban J connectivity index is 1.67. The molecule has 1 unspecified atom stereocenters. The molecule has 1 aromatic carbocycles. The largest absolute Gasteiger partial charge is 0.484 e. The van der Waals surface area contributed by atoms with Gasteiger partial charge in [-0.2, -0.15) is 0 Å². The summed E-state index contributed by atoms with van der Waals surface area (Å²) in [6, 6.07) is 12.2. The Morgan fingerprint density at radius 1 is 1.23 bits per heavy atom. The van der Waals surface area contributed by atoms with Crippen LogP contribution in [0.4, 0.5) is 0 Å². The maximum absolute atomic E-state index is 12.8. The molecule has 4 heteroatoms. The molecule has 3 rings (SSSR count). The monoisotopic (exact) mass is 352 g/mol. The lowest BCUT2D eigenvalue weighted by atomic mass is 9.98. The third-order valence-electron chi connectivity index (χ3n) is 4.99. The first-order valence-corrected chi connectivity index (χ1v) is 9.42. The lowest BCUT2D eigenvalue weighted by Crippen LogP contribution is -2.39. The van der Waals surface area contributed by atoms with Crippen molar-refractivity contribution in [1.29, 1.82) is 0 Å². The molecule has 0 spiro atoms. The molecule has 2 aromatic rings. The second-order valence-corrected chi connectivity index (χ2v) is 7.42. The van der Waals surface area contributed by atoms with Crippen LogP contribution in [-0.4, -0.2) is 28.4 Å². The van der Waals surface area contributed by atoms with Gasteiger partial charge < -0.3 is 9.64 Å². The smallest absolute Gasteiger partial charge is 0.261 e. The third kappa shape index (κ3) is 4.24. The standard InChI is InChI=1S/C22H28N2O2/c1-15(2)20-11-10-19(13-16(20)3)26-14-22(25)24(18-8-9-18)17(4)21-7-5-6-12-23-21/h5-7,10-13,15,17-18H,8-9,14H2,1-4H3. The molecule has 1 atom stereocenters. The van der Waals surface area contributed by atoms with E-state index < -0.39 is 0 Å². The van der Waals surface area contributed by atoms with E-state index in [1.165, 1.54) is 11.1 Å². The van der Waals surface area contributed by atoms with Crippen molar-refractivity contribution in [2.75, 3.05) is 6.61 Å².